The number of hydrogen-bond acceptors (Lipinski definition) is 4. The molecule has 6 heteroatoms. The summed E-state index contributed by atoms with van der Waals surface area (Å²) in [6, 6.07) is 18.4. The molecule has 2 aromatic carbocycles. The number of aromatic hydroxyl groups is 1. The lowest BCUT2D eigenvalue weighted by Gasteiger charge is -2.07. The Labute approximate surface area is 167 Å². The van der Waals surface area contributed by atoms with Gasteiger partial charge in [0.15, 0.2) is 17.3 Å². The summed E-state index contributed by atoms with van der Waals surface area (Å²) in [5.41, 5.74) is 3.24. The standard InChI is InChI=1S/C22H18ClN3O2/c1-2-28-19-13-16(8-11-18(19)27)21-22(26-12-4-3-5-20(26)25-21)24-14-15-6-9-17(23)10-7-15/h3-14,27H,2H2,1H3/b24-14+. The third-order valence-electron chi connectivity index (χ3n) is 4.24. The van der Waals surface area contributed by atoms with Gasteiger partial charge in [-0.1, -0.05) is 29.8 Å². The van der Waals surface area contributed by atoms with Crippen molar-refractivity contribution < 1.29 is 9.84 Å². The highest BCUT2D eigenvalue weighted by Crippen LogP contribution is 2.36. The van der Waals surface area contributed by atoms with E-state index in [4.69, 9.17) is 26.3 Å². The first kappa shape index (κ1) is 18.1. The Morgan fingerprint density at radius 3 is 2.75 bits per heavy atom. The van der Waals surface area contributed by atoms with Crippen molar-refractivity contribution in [2.75, 3.05) is 6.61 Å². The van der Waals surface area contributed by atoms with Crippen LogP contribution in [0.2, 0.25) is 5.02 Å². The summed E-state index contributed by atoms with van der Waals surface area (Å²) in [5.74, 6) is 1.21. The van der Waals surface area contributed by atoms with E-state index in [2.05, 4.69) is 0 Å². The van der Waals surface area contributed by atoms with Gasteiger partial charge in [-0.2, -0.15) is 0 Å². The fourth-order valence-corrected chi connectivity index (χ4v) is 3.04. The third kappa shape index (κ3) is 3.57. The molecule has 4 rings (SSSR count). The Balaban J connectivity index is 1.84. The number of phenols is 1. The highest BCUT2D eigenvalue weighted by Gasteiger charge is 2.15. The summed E-state index contributed by atoms with van der Waals surface area (Å²) < 4.78 is 7.44. The van der Waals surface area contributed by atoms with Crippen molar-refractivity contribution in [1.29, 1.82) is 0 Å². The van der Waals surface area contributed by atoms with Crippen LogP contribution in [0.3, 0.4) is 0 Å². The van der Waals surface area contributed by atoms with Gasteiger partial charge in [-0.15, -0.1) is 0 Å². The lowest BCUT2D eigenvalue weighted by Crippen LogP contribution is -1.92. The molecular weight excluding hydrogens is 374 g/mol. The Morgan fingerprint density at radius 1 is 1.14 bits per heavy atom. The van der Waals surface area contributed by atoms with Crippen LogP contribution in [0.15, 0.2) is 71.9 Å². The minimum atomic E-state index is 0.0978. The van der Waals surface area contributed by atoms with E-state index in [0.29, 0.717) is 28.9 Å². The van der Waals surface area contributed by atoms with Crippen LogP contribution in [0, 0.1) is 0 Å². The van der Waals surface area contributed by atoms with Crippen LogP contribution < -0.4 is 4.74 Å². The number of phenolic OH excluding ortho intramolecular Hbond substituents is 1. The highest BCUT2D eigenvalue weighted by atomic mass is 35.5. The number of fused-ring (bicyclic) bond motifs is 1. The summed E-state index contributed by atoms with van der Waals surface area (Å²) >= 11 is 5.96. The number of hydrogen-bond donors (Lipinski definition) is 1. The van der Waals surface area contributed by atoms with Crippen LogP contribution in [-0.4, -0.2) is 27.3 Å². The molecular formula is C22H18ClN3O2. The highest BCUT2D eigenvalue weighted by molar-refractivity contribution is 6.30. The van der Waals surface area contributed by atoms with E-state index in [1.807, 2.05) is 60.0 Å². The zero-order valence-corrected chi connectivity index (χ0v) is 16.0. The van der Waals surface area contributed by atoms with E-state index in [-0.39, 0.29) is 5.75 Å². The van der Waals surface area contributed by atoms with Gasteiger partial charge in [0.1, 0.15) is 11.3 Å². The van der Waals surface area contributed by atoms with Gasteiger partial charge in [0, 0.05) is 23.0 Å². The quantitative estimate of drug-likeness (QED) is 0.456. The second-order valence-corrected chi connectivity index (χ2v) is 6.57. The SMILES string of the molecule is CCOc1cc(-c2nc3ccccn3c2/N=C/c2ccc(Cl)cc2)ccc1O. The van der Waals surface area contributed by atoms with Crippen molar-refractivity contribution in [1.82, 2.24) is 9.38 Å². The lowest BCUT2D eigenvalue weighted by molar-refractivity contribution is 0.318. The number of benzene rings is 2. The molecule has 0 aliphatic heterocycles. The van der Waals surface area contributed by atoms with Crippen molar-refractivity contribution >= 4 is 29.3 Å². The fraction of sp³-hybridized carbons (Fsp3) is 0.0909. The number of halogens is 1. The molecule has 1 N–H and O–H groups in total. The molecule has 0 saturated carbocycles. The molecule has 5 nitrogen and oxygen atoms in total. The topological polar surface area (TPSA) is 59.1 Å². The van der Waals surface area contributed by atoms with E-state index in [9.17, 15) is 5.11 Å². The summed E-state index contributed by atoms with van der Waals surface area (Å²) in [5, 5.41) is 10.7. The molecule has 140 valence electrons. The van der Waals surface area contributed by atoms with Crippen molar-refractivity contribution in [3.05, 3.63) is 77.4 Å². The molecule has 0 radical (unpaired) electrons. The molecule has 0 atom stereocenters. The predicted octanol–water partition coefficient (Wildman–Crippen LogP) is 5.51. The molecule has 0 fully saturated rings. The predicted molar refractivity (Wildman–Crippen MR) is 112 cm³/mol. The maximum atomic E-state index is 10.0. The molecule has 0 bridgehead atoms. The molecule has 0 unspecified atom stereocenters. The van der Waals surface area contributed by atoms with Crippen LogP contribution in [-0.2, 0) is 0 Å². The zero-order valence-electron chi connectivity index (χ0n) is 15.2. The van der Waals surface area contributed by atoms with Gasteiger partial charge >= 0.3 is 0 Å². The number of rotatable bonds is 5. The van der Waals surface area contributed by atoms with E-state index in [0.717, 1.165) is 16.8 Å². The van der Waals surface area contributed by atoms with Gasteiger partial charge in [0.25, 0.3) is 0 Å². The average Bonchev–Trinajstić information content (AvgIpc) is 3.08. The van der Waals surface area contributed by atoms with Crippen molar-refractivity contribution in [2.45, 2.75) is 6.92 Å². The van der Waals surface area contributed by atoms with E-state index < -0.39 is 0 Å². The maximum absolute atomic E-state index is 10.0. The van der Waals surface area contributed by atoms with E-state index in [1.54, 1.807) is 24.4 Å². The third-order valence-corrected chi connectivity index (χ3v) is 4.50. The smallest absolute Gasteiger partial charge is 0.165 e. The molecule has 0 spiro atoms. The lowest BCUT2D eigenvalue weighted by atomic mass is 10.1. The van der Waals surface area contributed by atoms with Crippen LogP contribution >= 0.6 is 11.6 Å². The molecule has 28 heavy (non-hydrogen) atoms. The molecule has 0 amide bonds. The first-order chi connectivity index (χ1) is 13.7. The fourth-order valence-electron chi connectivity index (χ4n) is 2.92. The second-order valence-electron chi connectivity index (χ2n) is 6.14. The van der Waals surface area contributed by atoms with Crippen molar-refractivity contribution in [3.63, 3.8) is 0 Å². The Kier molecular flexibility index (Phi) is 5.00. The van der Waals surface area contributed by atoms with Gasteiger partial charge in [-0.25, -0.2) is 9.98 Å². The number of imidazole rings is 1. The van der Waals surface area contributed by atoms with Gasteiger partial charge < -0.3 is 9.84 Å². The number of pyridine rings is 1. The van der Waals surface area contributed by atoms with Gasteiger partial charge in [-0.3, -0.25) is 4.40 Å². The van der Waals surface area contributed by atoms with Gasteiger partial charge in [0.2, 0.25) is 0 Å². The second kappa shape index (κ2) is 7.74. The maximum Gasteiger partial charge on any atom is 0.165 e. The van der Waals surface area contributed by atoms with Crippen molar-refractivity contribution in [2.24, 2.45) is 4.99 Å². The number of ether oxygens (including phenoxy) is 1. The van der Waals surface area contributed by atoms with E-state index >= 15 is 0 Å². The van der Waals surface area contributed by atoms with Crippen LogP contribution in [0.1, 0.15) is 12.5 Å². The molecule has 4 aromatic rings. The number of aliphatic imine (C=N–C) groups is 1. The molecule has 0 aliphatic carbocycles. The molecule has 0 saturated heterocycles. The molecule has 0 aliphatic rings. The summed E-state index contributed by atoms with van der Waals surface area (Å²) in [6.45, 7) is 2.34. The minimum absolute atomic E-state index is 0.0978. The van der Waals surface area contributed by atoms with Crippen molar-refractivity contribution in [3.8, 4) is 22.8 Å². The van der Waals surface area contributed by atoms with Gasteiger partial charge in [0.05, 0.1) is 6.61 Å². The number of nitrogens with zero attached hydrogens (tertiary/aromatic N) is 3. The average molecular weight is 392 g/mol. The summed E-state index contributed by atoms with van der Waals surface area (Å²) in [6.07, 6.45) is 3.70. The zero-order chi connectivity index (χ0) is 19.5. The minimum Gasteiger partial charge on any atom is -0.504 e. The summed E-state index contributed by atoms with van der Waals surface area (Å²) in [7, 11) is 0. The monoisotopic (exact) mass is 391 g/mol. The largest absolute Gasteiger partial charge is 0.504 e. The first-order valence-corrected chi connectivity index (χ1v) is 9.26. The molecule has 2 aromatic heterocycles. The first-order valence-electron chi connectivity index (χ1n) is 8.88. The normalized spacial score (nSPS) is 11.4. The molecule has 2 heterocycles. The van der Waals surface area contributed by atoms with Crippen LogP contribution in [0.4, 0.5) is 5.82 Å². The van der Waals surface area contributed by atoms with Gasteiger partial charge in [-0.05, 0) is 55.0 Å². The Bertz CT molecular complexity index is 1150. The Morgan fingerprint density at radius 2 is 1.96 bits per heavy atom. The number of aromatic nitrogens is 2. The Hall–Kier alpha value is -3.31. The van der Waals surface area contributed by atoms with Crippen LogP contribution in [0.25, 0.3) is 16.9 Å². The van der Waals surface area contributed by atoms with E-state index in [1.165, 1.54) is 0 Å². The van der Waals surface area contributed by atoms with Crippen LogP contribution in [0.5, 0.6) is 11.5 Å². The summed E-state index contributed by atoms with van der Waals surface area (Å²) in [4.78, 5) is 9.43.